The van der Waals surface area contributed by atoms with Crippen LogP contribution in [0, 0.1) is 0 Å². The number of amides is 2. The van der Waals surface area contributed by atoms with Crippen LogP contribution in [0.15, 0.2) is 42.5 Å². The van der Waals surface area contributed by atoms with Crippen LogP contribution in [0.5, 0.6) is 5.75 Å². The second-order valence-electron chi connectivity index (χ2n) is 5.86. The van der Waals surface area contributed by atoms with Crippen LogP contribution in [-0.2, 0) is 9.59 Å². The van der Waals surface area contributed by atoms with E-state index in [0.717, 1.165) is 11.3 Å². The lowest BCUT2D eigenvalue weighted by Gasteiger charge is -2.13. The van der Waals surface area contributed by atoms with Crippen LogP contribution < -0.4 is 15.4 Å². The highest BCUT2D eigenvalue weighted by atomic mass is 35.5. The van der Waals surface area contributed by atoms with Gasteiger partial charge in [-0.15, -0.1) is 0 Å². The van der Waals surface area contributed by atoms with Crippen molar-refractivity contribution in [3.8, 4) is 5.75 Å². The second kappa shape index (κ2) is 8.53. The first-order valence-corrected chi connectivity index (χ1v) is 8.30. The fourth-order valence-corrected chi connectivity index (χ4v) is 2.66. The van der Waals surface area contributed by atoms with E-state index < -0.39 is 5.91 Å². The molecule has 0 fully saturated rings. The summed E-state index contributed by atoms with van der Waals surface area (Å²) in [7, 11) is 1.51. The Kier molecular flexibility index (Phi) is 6.42. The number of carbonyl (C=O) groups is 2. The summed E-state index contributed by atoms with van der Waals surface area (Å²) in [5, 5.41) is 5.83. The monoisotopic (exact) mass is 360 g/mol. The summed E-state index contributed by atoms with van der Waals surface area (Å²) in [6.45, 7) is 4.09. The normalized spacial score (nSPS) is 10.4. The van der Waals surface area contributed by atoms with Gasteiger partial charge in [-0.25, -0.2) is 0 Å². The van der Waals surface area contributed by atoms with Crippen molar-refractivity contribution in [2.45, 2.75) is 26.2 Å². The van der Waals surface area contributed by atoms with Gasteiger partial charge in [-0.1, -0.05) is 43.6 Å². The molecule has 0 aliphatic rings. The molecule has 2 aromatic rings. The Balaban J connectivity index is 1.97. The van der Waals surface area contributed by atoms with Crippen molar-refractivity contribution < 1.29 is 14.3 Å². The summed E-state index contributed by atoms with van der Waals surface area (Å²) in [4.78, 5) is 24.2. The van der Waals surface area contributed by atoms with E-state index in [1.807, 2.05) is 38.1 Å². The molecule has 25 heavy (non-hydrogen) atoms. The summed E-state index contributed by atoms with van der Waals surface area (Å²) < 4.78 is 5.06. The number of hydrogen-bond donors (Lipinski definition) is 2. The number of ether oxygens (including phenoxy) is 1. The quantitative estimate of drug-likeness (QED) is 0.748. The van der Waals surface area contributed by atoms with E-state index in [0.29, 0.717) is 16.5 Å². The lowest BCUT2D eigenvalue weighted by atomic mass is 10.0. The van der Waals surface area contributed by atoms with E-state index in [4.69, 9.17) is 16.3 Å². The first kappa shape index (κ1) is 18.8. The highest BCUT2D eigenvalue weighted by Gasteiger charge is 2.13. The van der Waals surface area contributed by atoms with E-state index in [1.165, 1.54) is 7.11 Å². The predicted octanol–water partition coefficient (Wildman–Crippen LogP) is 4.44. The van der Waals surface area contributed by atoms with Crippen LogP contribution in [0.1, 0.15) is 31.7 Å². The van der Waals surface area contributed by atoms with E-state index >= 15 is 0 Å². The molecule has 5 nitrogen and oxygen atoms in total. The summed E-state index contributed by atoms with van der Waals surface area (Å²) in [5.41, 5.74) is 2.26. The highest BCUT2D eigenvalue weighted by molar-refractivity contribution is 6.32. The van der Waals surface area contributed by atoms with Crippen LogP contribution >= 0.6 is 11.6 Å². The number of halogens is 1. The Morgan fingerprint density at radius 2 is 1.76 bits per heavy atom. The third-order valence-electron chi connectivity index (χ3n) is 3.61. The Labute approximate surface area is 152 Å². The molecule has 0 saturated carbocycles. The van der Waals surface area contributed by atoms with Crippen LogP contribution in [-0.4, -0.2) is 18.9 Å². The van der Waals surface area contributed by atoms with Gasteiger partial charge in [0.15, 0.2) is 0 Å². The molecule has 2 amide bonds. The number of rotatable bonds is 6. The minimum Gasteiger partial charge on any atom is -0.495 e. The lowest BCUT2D eigenvalue weighted by Crippen LogP contribution is -2.22. The zero-order chi connectivity index (χ0) is 18.4. The number of methoxy groups -OCH3 is 1. The first-order valence-electron chi connectivity index (χ1n) is 7.93. The van der Waals surface area contributed by atoms with E-state index in [1.54, 1.807) is 18.2 Å². The lowest BCUT2D eigenvalue weighted by molar-refractivity contribution is -0.123. The maximum Gasteiger partial charge on any atom is 0.233 e. The van der Waals surface area contributed by atoms with Gasteiger partial charge < -0.3 is 15.4 Å². The average Bonchev–Trinajstić information content (AvgIpc) is 2.55. The third kappa shape index (κ3) is 5.22. The summed E-state index contributed by atoms with van der Waals surface area (Å²) in [5.74, 6) is 0.000406. The van der Waals surface area contributed by atoms with Gasteiger partial charge in [-0.2, -0.15) is 0 Å². The fraction of sp³-hybridized carbons (Fsp3) is 0.263. The molecule has 0 heterocycles. The van der Waals surface area contributed by atoms with Crippen molar-refractivity contribution in [2.24, 2.45) is 0 Å². The molecular weight excluding hydrogens is 340 g/mol. The van der Waals surface area contributed by atoms with Crippen molar-refractivity contribution >= 4 is 34.8 Å². The summed E-state index contributed by atoms with van der Waals surface area (Å²) >= 11 is 6.02. The maximum atomic E-state index is 12.1. The van der Waals surface area contributed by atoms with E-state index in [-0.39, 0.29) is 18.2 Å². The Bertz CT molecular complexity index is 775. The summed E-state index contributed by atoms with van der Waals surface area (Å²) in [6, 6.07) is 12.4. The fourth-order valence-electron chi connectivity index (χ4n) is 2.40. The minimum absolute atomic E-state index is 0.270. The van der Waals surface area contributed by atoms with Gasteiger partial charge in [0.2, 0.25) is 11.8 Å². The molecule has 0 spiro atoms. The molecule has 0 saturated heterocycles. The number of para-hydroxylation sites is 1. The van der Waals surface area contributed by atoms with Crippen LogP contribution in [0.2, 0.25) is 5.02 Å². The highest BCUT2D eigenvalue weighted by Crippen LogP contribution is 2.27. The van der Waals surface area contributed by atoms with Crippen LogP contribution in [0.3, 0.4) is 0 Å². The van der Waals surface area contributed by atoms with E-state index in [2.05, 4.69) is 10.6 Å². The molecular formula is C19H21ClN2O3. The van der Waals surface area contributed by atoms with Crippen LogP contribution in [0.4, 0.5) is 11.4 Å². The standard InChI is InChI=1S/C19H21ClN2O3/c1-12(2)14-6-4-5-7-16(14)22-19(24)11-18(23)21-13-8-9-17(25-3)15(20)10-13/h4-10,12H,11H2,1-3H3,(H,21,23)(H,22,24). The number of carbonyl (C=O) groups excluding carboxylic acids is 2. The van der Waals surface area contributed by atoms with E-state index in [9.17, 15) is 9.59 Å². The van der Waals surface area contributed by atoms with Gasteiger partial charge in [0, 0.05) is 11.4 Å². The Morgan fingerprint density at radius 3 is 2.40 bits per heavy atom. The van der Waals surface area contributed by atoms with Gasteiger partial charge in [0.1, 0.15) is 12.2 Å². The SMILES string of the molecule is COc1ccc(NC(=O)CC(=O)Nc2ccccc2C(C)C)cc1Cl. The van der Waals surface area contributed by atoms with Crippen molar-refractivity contribution in [1.29, 1.82) is 0 Å². The van der Waals surface area contributed by atoms with Crippen molar-refractivity contribution in [2.75, 3.05) is 17.7 Å². The molecule has 0 bridgehead atoms. The molecule has 2 rings (SSSR count). The molecule has 132 valence electrons. The molecule has 6 heteroatoms. The molecule has 2 aromatic carbocycles. The molecule has 0 radical (unpaired) electrons. The smallest absolute Gasteiger partial charge is 0.233 e. The third-order valence-corrected chi connectivity index (χ3v) is 3.91. The Morgan fingerprint density at radius 1 is 1.08 bits per heavy atom. The number of hydrogen-bond acceptors (Lipinski definition) is 3. The average molecular weight is 361 g/mol. The second-order valence-corrected chi connectivity index (χ2v) is 6.27. The number of anilines is 2. The minimum atomic E-state index is -0.416. The van der Waals surface area contributed by atoms with Gasteiger partial charge in [-0.05, 0) is 35.7 Å². The maximum absolute atomic E-state index is 12.1. The predicted molar refractivity (Wildman–Crippen MR) is 100 cm³/mol. The van der Waals surface area contributed by atoms with Gasteiger partial charge >= 0.3 is 0 Å². The molecule has 0 atom stereocenters. The molecule has 2 N–H and O–H groups in total. The first-order chi connectivity index (χ1) is 11.9. The van der Waals surface area contributed by atoms with Crippen molar-refractivity contribution in [1.82, 2.24) is 0 Å². The van der Waals surface area contributed by atoms with Crippen molar-refractivity contribution in [3.05, 3.63) is 53.1 Å². The molecule has 0 aliphatic carbocycles. The van der Waals surface area contributed by atoms with Gasteiger partial charge in [0.25, 0.3) is 0 Å². The molecule has 0 unspecified atom stereocenters. The number of nitrogens with one attached hydrogen (secondary N) is 2. The topological polar surface area (TPSA) is 67.4 Å². The van der Waals surface area contributed by atoms with Gasteiger partial charge in [0.05, 0.1) is 12.1 Å². The largest absolute Gasteiger partial charge is 0.495 e. The Hall–Kier alpha value is -2.53. The van der Waals surface area contributed by atoms with Gasteiger partial charge in [-0.3, -0.25) is 9.59 Å². The molecule has 0 aliphatic heterocycles. The van der Waals surface area contributed by atoms with Crippen molar-refractivity contribution in [3.63, 3.8) is 0 Å². The number of benzene rings is 2. The zero-order valence-electron chi connectivity index (χ0n) is 14.4. The van der Waals surface area contributed by atoms with Crippen LogP contribution in [0.25, 0.3) is 0 Å². The summed E-state index contributed by atoms with van der Waals surface area (Å²) in [6.07, 6.45) is -0.282. The zero-order valence-corrected chi connectivity index (χ0v) is 15.2. The molecule has 0 aromatic heterocycles.